The largest absolute Gasteiger partial charge is 0.530 e. The van der Waals surface area contributed by atoms with Gasteiger partial charge in [-0.3, -0.25) is 0 Å². The Morgan fingerprint density at radius 1 is 1.91 bits per heavy atom. The fraction of sp³-hybridized carbons (Fsp3) is 0.800. The van der Waals surface area contributed by atoms with Crippen molar-refractivity contribution in [3.05, 3.63) is 0 Å². The van der Waals surface area contributed by atoms with Crippen LogP contribution in [0, 0.1) is 5.53 Å². The maximum absolute atomic E-state index is 9.99. The van der Waals surface area contributed by atoms with Crippen LogP contribution < -0.4 is 15.3 Å². The predicted octanol–water partition coefficient (Wildman–Crippen LogP) is -0.752. The lowest BCUT2D eigenvalue weighted by molar-refractivity contribution is -0.251. The van der Waals surface area contributed by atoms with Crippen LogP contribution in [0.3, 0.4) is 0 Å². The van der Waals surface area contributed by atoms with Gasteiger partial charge in [0.1, 0.15) is 23.3 Å². The van der Waals surface area contributed by atoms with Gasteiger partial charge in [0, 0.05) is 0 Å². The van der Waals surface area contributed by atoms with E-state index in [0.717, 1.165) is 0 Å². The first kappa shape index (κ1) is 9.58. The van der Waals surface area contributed by atoms with E-state index in [1.807, 2.05) is 0 Å². The van der Waals surface area contributed by atoms with Gasteiger partial charge in [0.15, 0.2) is 0 Å². The predicted molar refractivity (Wildman–Crippen MR) is 34.8 cm³/mol. The maximum Gasteiger partial charge on any atom is 0.214 e. The third-order valence-corrected chi connectivity index (χ3v) is 1.19. The molecule has 0 radical (unpaired) electrons. The Bertz CT molecular complexity index is 171. The molecular formula is C5H10N4O2. The normalized spacial score (nSPS) is 11.4. The van der Waals surface area contributed by atoms with Crippen molar-refractivity contribution in [2.45, 2.75) is 19.4 Å². The standard InChI is InChI=1S/C5H10N4O2/c1-2-4(3-7-9-6)8-5(10)11/h4,6,8H,2-3H2,1H3. The Kier molecular flexibility index (Phi) is 4.68. The highest BCUT2D eigenvalue weighted by molar-refractivity contribution is 5.62. The molecule has 0 rings (SSSR count). The highest BCUT2D eigenvalue weighted by atomic mass is 16.4. The number of amides is 1. The lowest BCUT2D eigenvalue weighted by Gasteiger charge is -2.13. The molecule has 1 unspecified atom stereocenters. The van der Waals surface area contributed by atoms with Crippen molar-refractivity contribution in [1.82, 2.24) is 10.2 Å². The van der Waals surface area contributed by atoms with E-state index in [0.29, 0.717) is 6.42 Å². The molecule has 1 atom stereocenters. The minimum absolute atomic E-state index is 0.188. The van der Waals surface area contributed by atoms with E-state index in [-0.39, 0.29) is 12.6 Å². The van der Waals surface area contributed by atoms with Gasteiger partial charge in [0.05, 0.1) is 6.04 Å². The van der Waals surface area contributed by atoms with Gasteiger partial charge >= 0.3 is 0 Å². The smallest absolute Gasteiger partial charge is 0.214 e. The Hall–Kier alpha value is -1.42. The number of nitrogens with zero attached hydrogens (tertiary/aromatic N) is 2. The number of rotatable bonds is 4. The van der Waals surface area contributed by atoms with Crippen LogP contribution in [0.2, 0.25) is 0 Å². The molecule has 0 aromatic carbocycles. The van der Waals surface area contributed by atoms with Crippen molar-refractivity contribution in [3.8, 4) is 0 Å². The van der Waals surface area contributed by atoms with Gasteiger partial charge < -0.3 is 15.2 Å². The van der Waals surface area contributed by atoms with Crippen LogP contribution in [-0.2, 0) is 0 Å². The number of nitrogens with one attached hydrogen (secondary N) is 2. The average molecular weight is 158 g/mol. The van der Waals surface area contributed by atoms with Crippen LogP contribution >= 0.6 is 0 Å². The van der Waals surface area contributed by atoms with Gasteiger partial charge in [0.25, 0.3) is 0 Å². The molecule has 0 spiro atoms. The molecule has 0 aromatic heterocycles. The van der Waals surface area contributed by atoms with Crippen LogP contribution in [0.25, 0.3) is 0 Å². The van der Waals surface area contributed by atoms with Crippen LogP contribution in [0.15, 0.2) is 5.11 Å². The molecule has 0 aliphatic carbocycles. The highest BCUT2D eigenvalue weighted by Gasteiger charge is 2.06. The van der Waals surface area contributed by atoms with Gasteiger partial charge in [0.2, 0.25) is 4.91 Å². The van der Waals surface area contributed by atoms with E-state index in [1.54, 1.807) is 6.92 Å². The zero-order valence-electron chi connectivity index (χ0n) is 6.20. The highest BCUT2D eigenvalue weighted by Crippen LogP contribution is 1.89. The van der Waals surface area contributed by atoms with Crippen molar-refractivity contribution >= 4 is 6.09 Å². The van der Waals surface area contributed by atoms with Crippen molar-refractivity contribution < 1.29 is 9.90 Å². The van der Waals surface area contributed by atoms with Crippen LogP contribution in [-0.4, -0.2) is 18.7 Å². The topological polar surface area (TPSA) is 102 Å². The molecule has 6 heteroatoms. The fourth-order valence-corrected chi connectivity index (χ4v) is 0.583. The number of hydrogen-bond donors (Lipinski definition) is 2. The second-order valence-electron chi connectivity index (χ2n) is 1.96. The molecule has 6 nitrogen and oxygen atoms in total. The molecule has 0 aliphatic rings. The van der Waals surface area contributed by atoms with E-state index in [1.165, 1.54) is 0 Å². The van der Waals surface area contributed by atoms with E-state index in [2.05, 4.69) is 15.3 Å². The van der Waals surface area contributed by atoms with Gasteiger partial charge in [-0.25, -0.2) is 0 Å². The van der Waals surface area contributed by atoms with E-state index in [9.17, 15) is 9.90 Å². The summed E-state index contributed by atoms with van der Waals surface area (Å²) in [6.45, 7) is 1.99. The number of carbonyl (C=O) groups is 1. The summed E-state index contributed by atoms with van der Waals surface area (Å²) in [7, 11) is 0. The molecule has 62 valence electrons. The molecule has 0 aliphatic heterocycles. The molecule has 11 heavy (non-hydrogen) atoms. The number of carbonyl (C=O) groups excluding carboxylic acids is 1. The van der Waals surface area contributed by atoms with Crippen molar-refractivity contribution in [2.75, 3.05) is 6.54 Å². The Morgan fingerprint density at radius 2 is 2.55 bits per heavy atom. The fourth-order valence-electron chi connectivity index (χ4n) is 0.583. The summed E-state index contributed by atoms with van der Waals surface area (Å²) in [5.41, 5.74) is 6.32. The molecule has 0 fully saturated rings. The Balaban J connectivity index is 3.75. The van der Waals surface area contributed by atoms with Crippen molar-refractivity contribution in [3.63, 3.8) is 0 Å². The van der Waals surface area contributed by atoms with Gasteiger partial charge in [-0.15, -0.1) is 0 Å². The zero-order valence-corrected chi connectivity index (χ0v) is 6.20. The van der Waals surface area contributed by atoms with Crippen LogP contribution in [0.4, 0.5) is 4.79 Å². The lowest BCUT2D eigenvalue weighted by Crippen LogP contribution is -2.44. The monoisotopic (exact) mass is 158 g/mol. The van der Waals surface area contributed by atoms with Crippen molar-refractivity contribution in [1.29, 1.82) is 5.53 Å². The molecule has 0 aromatic rings. The number of hydrogen-bond acceptors (Lipinski definition) is 4. The average Bonchev–Trinajstić information content (AvgIpc) is 1.97. The van der Waals surface area contributed by atoms with E-state index < -0.39 is 6.09 Å². The summed E-state index contributed by atoms with van der Waals surface area (Å²) in [6.07, 6.45) is -0.718. The first-order valence-electron chi connectivity index (χ1n) is 3.21. The lowest BCUT2D eigenvalue weighted by atomic mass is 10.2. The van der Waals surface area contributed by atoms with Gasteiger partial charge in [-0.2, -0.15) is 0 Å². The molecule has 2 N–H and O–H groups in total. The summed E-state index contributed by atoms with van der Waals surface area (Å²) >= 11 is 0. The first-order chi connectivity index (χ1) is 5.20. The molecule has 0 saturated carbocycles. The van der Waals surface area contributed by atoms with Crippen LogP contribution in [0.1, 0.15) is 13.3 Å². The van der Waals surface area contributed by atoms with Gasteiger partial charge in [-0.1, -0.05) is 6.92 Å². The third kappa shape index (κ3) is 5.05. The first-order valence-corrected chi connectivity index (χ1v) is 3.21. The molecule has 0 bridgehead atoms. The molecule has 0 saturated heterocycles. The van der Waals surface area contributed by atoms with E-state index in [4.69, 9.17) is 5.53 Å². The maximum atomic E-state index is 9.99. The Morgan fingerprint density at radius 3 is 2.91 bits per heavy atom. The third-order valence-electron chi connectivity index (χ3n) is 1.19. The van der Waals surface area contributed by atoms with Gasteiger partial charge in [-0.05, 0) is 6.42 Å². The Labute approximate surface area is 63.8 Å². The molecular weight excluding hydrogens is 148 g/mol. The second-order valence-corrected chi connectivity index (χ2v) is 1.96. The second kappa shape index (κ2) is 5.37. The summed E-state index contributed by atoms with van der Waals surface area (Å²) in [6, 6.07) is -0.297. The summed E-state index contributed by atoms with van der Waals surface area (Å²) in [5.74, 6) is 0. The SMILES string of the molecule is CCC(CN=[N+]=N)NC(=O)[O-]. The molecule has 1 amide bonds. The quantitative estimate of drug-likeness (QED) is 0.415. The summed E-state index contributed by atoms with van der Waals surface area (Å²) in [5, 5.41) is 15.5. The van der Waals surface area contributed by atoms with Crippen LogP contribution in [0.5, 0.6) is 0 Å². The molecule has 0 heterocycles. The van der Waals surface area contributed by atoms with Crippen molar-refractivity contribution in [2.24, 2.45) is 5.11 Å². The number of carboxylic acid groups (broad SMARTS) is 1. The minimum atomic E-state index is -1.32. The summed E-state index contributed by atoms with van der Waals surface area (Å²) < 4.78 is 0. The zero-order chi connectivity index (χ0) is 8.69. The summed E-state index contributed by atoms with van der Waals surface area (Å²) in [4.78, 5) is 12.7. The van der Waals surface area contributed by atoms with E-state index >= 15 is 0 Å². The minimum Gasteiger partial charge on any atom is -0.530 e.